The Morgan fingerprint density at radius 3 is 3.07 bits per heavy atom. The number of hydrogen-bond acceptors (Lipinski definition) is 5. The van der Waals surface area contributed by atoms with Gasteiger partial charge in [-0.3, -0.25) is 0 Å². The number of nitrogens with zero attached hydrogens (tertiary/aromatic N) is 2. The first-order valence-electron chi connectivity index (χ1n) is 4.80. The normalized spacial score (nSPS) is 16.1. The fourth-order valence-corrected chi connectivity index (χ4v) is 1.25. The van der Waals surface area contributed by atoms with Crippen LogP contribution >= 0.6 is 0 Å². The van der Waals surface area contributed by atoms with E-state index in [1.165, 1.54) is 6.33 Å². The average Bonchev–Trinajstić information content (AvgIpc) is 2.13. The van der Waals surface area contributed by atoms with Crippen LogP contribution in [0.4, 0.5) is 5.82 Å². The molecule has 1 fully saturated rings. The smallest absolute Gasteiger partial charge is 0.218 e. The summed E-state index contributed by atoms with van der Waals surface area (Å²) >= 11 is 0. The van der Waals surface area contributed by atoms with Gasteiger partial charge < -0.3 is 15.4 Å². The van der Waals surface area contributed by atoms with Crippen LogP contribution in [0.2, 0.25) is 0 Å². The minimum absolute atomic E-state index is 0.486. The zero-order chi connectivity index (χ0) is 9.80. The van der Waals surface area contributed by atoms with Crippen LogP contribution in [0.5, 0.6) is 5.88 Å². The maximum Gasteiger partial charge on any atom is 0.218 e. The van der Waals surface area contributed by atoms with E-state index in [9.17, 15) is 0 Å². The summed E-state index contributed by atoms with van der Waals surface area (Å²) in [6.45, 7) is 4.55. The average molecular weight is 194 g/mol. The highest BCUT2D eigenvalue weighted by Crippen LogP contribution is 2.12. The summed E-state index contributed by atoms with van der Waals surface area (Å²) in [6, 6.07) is 2.31. The maximum atomic E-state index is 5.27. The van der Waals surface area contributed by atoms with E-state index in [2.05, 4.69) is 20.6 Å². The van der Waals surface area contributed by atoms with Gasteiger partial charge in [0.2, 0.25) is 5.88 Å². The van der Waals surface area contributed by atoms with Gasteiger partial charge in [-0.25, -0.2) is 9.97 Å². The third-order valence-corrected chi connectivity index (χ3v) is 2.07. The molecule has 1 aromatic rings. The molecule has 76 valence electrons. The second-order valence-corrected chi connectivity index (χ2v) is 3.17. The Balaban J connectivity index is 1.97. The van der Waals surface area contributed by atoms with E-state index < -0.39 is 0 Å². The molecule has 2 N–H and O–H groups in total. The lowest BCUT2D eigenvalue weighted by Crippen LogP contribution is -2.51. The third-order valence-electron chi connectivity index (χ3n) is 2.07. The summed E-state index contributed by atoms with van der Waals surface area (Å²) in [5.41, 5.74) is 0. The summed E-state index contributed by atoms with van der Waals surface area (Å²) < 4.78 is 5.27. The van der Waals surface area contributed by atoms with Crippen LogP contribution < -0.4 is 15.4 Å². The van der Waals surface area contributed by atoms with Crippen LogP contribution in [-0.2, 0) is 0 Å². The molecule has 14 heavy (non-hydrogen) atoms. The fourth-order valence-electron chi connectivity index (χ4n) is 1.25. The van der Waals surface area contributed by atoms with Crippen molar-refractivity contribution >= 4 is 5.82 Å². The van der Waals surface area contributed by atoms with Crippen molar-refractivity contribution in [2.75, 3.05) is 25.0 Å². The number of aromatic nitrogens is 2. The van der Waals surface area contributed by atoms with Gasteiger partial charge in [-0.05, 0) is 6.92 Å². The molecule has 0 unspecified atom stereocenters. The molecule has 0 aromatic carbocycles. The predicted molar refractivity (Wildman–Crippen MR) is 53.5 cm³/mol. The molecule has 2 heterocycles. The molecule has 0 radical (unpaired) electrons. The Morgan fingerprint density at radius 2 is 2.43 bits per heavy atom. The summed E-state index contributed by atoms with van der Waals surface area (Å²) in [4.78, 5) is 8.10. The fraction of sp³-hybridized carbons (Fsp3) is 0.556. The topological polar surface area (TPSA) is 59.1 Å². The lowest BCUT2D eigenvalue weighted by Gasteiger charge is -2.28. The van der Waals surface area contributed by atoms with Gasteiger partial charge in [0.05, 0.1) is 12.6 Å². The van der Waals surface area contributed by atoms with Crippen molar-refractivity contribution in [1.82, 2.24) is 15.3 Å². The molecule has 5 heteroatoms. The van der Waals surface area contributed by atoms with Gasteiger partial charge in [0.1, 0.15) is 12.1 Å². The van der Waals surface area contributed by atoms with Gasteiger partial charge in [0.15, 0.2) is 0 Å². The van der Waals surface area contributed by atoms with Crippen LogP contribution in [0.15, 0.2) is 12.4 Å². The highest BCUT2D eigenvalue weighted by molar-refractivity contribution is 5.38. The Morgan fingerprint density at radius 1 is 1.57 bits per heavy atom. The Hall–Kier alpha value is -1.36. The standard InChI is InChI=1S/C9H14N4O/c1-2-14-9-3-8(11-6-12-9)13-7-4-10-5-7/h3,6-7,10H,2,4-5H2,1H3,(H,11,12,13). The van der Waals surface area contributed by atoms with Crippen LogP contribution in [0.1, 0.15) is 6.92 Å². The second-order valence-electron chi connectivity index (χ2n) is 3.17. The van der Waals surface area contributed by atoms with Gasteiger partial charge in [0.25, 0.3) is 0 Å². The lowest BCUT2D eigenvalue weighted by atomic mass is 10.2. The number of ether oxygens (including phenoxy) is 1. The van der Waals surface area contributed by atoms with Gasteiger partial charge in [-0.15, -0.1) is 0 Å². The van der Waals surface area contributed by atoms with Gasteiger partial charge in [0, 0.05) is 19.2 Å². The van der Waals surface area contributed by atoms with Crippen molar-refractivity contribution in [3.8, 4) is 5.88 Å². The van der Waals surface area contributed by atoms with Crippen LogP contribution in [0, 0.1) is 0 Å². The predicted octanol–water partition coefficient (Wildman–Crippen LogP) is 0.259. The summed E-state index contributed by atoms with van der Waals surface area (Å²) in [7, 11) is 0. The van der Waals surface area contributed by atoms with Gasteiger partial charge >= 0.3 is 0 Å². The number of hydrogen-bond donors (Lipinski definition) is 2. The summed E-state index contributed by atoms with van der Waals surface area (Å²) in [6.07, 6.45) is 1.51. The molecule has 1 aromatic heterocycles. The minimum atomic E-state index is 0.486. The number of nitrogens with one attached hydrogen (secondary N) is 2. The highest BCUT2D eigenvalue weighted by atomic mass is 16.5. The SMILES string of the molecule is CCOc1cc(NC2CNC2)ncn1. The molecule has 1 aliphatic heterocycles. The van der Waals surface area contributed by atoms with Crippen LogP contribution in [-0.4, -0.2) is 35.7 Å². The van der Waals surface area contributed by atoms with E-state index in [-0.39, 0.29) is 0 Å². The number of rotatable bonds is 4. The Labute approximate surface area is 82.9 Å². The zero-order valence-corrected chi connectivity index (χ0v) is 8.16. The first-order chi connectivity index (χ1) is 6.88. The van der Waals surface area contributed by atoms with E-state index >= 15 is 0 Å². The lowest BCUT2D eigenvalue weighted by molar-refractivity contribution is 0.326. The van der Waals surface area contributed by atoms with E-state index in [4.69, 9.17) is 4.74 Å². The molecule has 0 atom stereocenters. The first kappa shape index (κ1) is 9.21. The van der Waals surface area contributed by atoms with Crippen molar-refractivity contribution in [3.05, 3.63) is 12.4 Å². The summed E-state index contributed by atoms with van der Waals surface area (Å²) in [5, 5.41) is 6.47. The molecule has 0 spiro atoms. The quantitative estimate of drug-likeness (QED) is 0.720. The van der Waals surface area contributed by atoms with Gasteiger partial charge in [-0.2, -0.15) is 0 Å². The van der Waals surface area contributed by atoms with Crippen LogP contribution in [0.3, 0.4) is 0 Å². The largest absolute Gasteiger partial charge is 0.478 e. The van der Waals surface area contributed by atoms with Crippen molar-refractivity contribution in [3.63, 3.8) is 0 Å². The van der Waals surface area contributed by atoms with Crippen molar-refractivity contribution in [1.29, 1.82) is 0 Å². The van der Waals surface area contributed by atoms with Crippen molar-refractivity contribution in [2.24, 2.45) is 0 Å². The summed E-state index contributed by atoms with van der Waals surface area (Å²) in [5.74, 6) is 1.45. The number of anilines is 1. The maximum absolute atomic E-state index is 5.27. The zero-order valence-electron chi connectivity index (χ0n) is 8.16. The molecule has 5 nitrogen and oxygen atoms in total. The minimum Gasteiger partial charge on any atom is -0.478 e. The second kappa shape index (κ2) is 4.23. The van der Waals surface area contributed by atoms with Crippen LogP contribution in [0.25, 0.3) is 0 Å². The molecule has 1 aliphatic rings. The van der Waals surface area contributed by atoms with Crippen molar-refractivity contribution < 1.29 is 4.74 Å². The third kappa shape index (κ3) is 2.11. The Kier molecular flexibility index (Phi) is 2.78. The van der Waals surface area contributed by atoms with E-state index in [0.29, 0.717) is 18.5 Å². The molecule has 0 amide bonds. The van der Waals surface area contributed by atoms with E-state index in [1.807, 2.05) is 13.0 Å². The van der Waals surface area contributed by atoms with E-state index in [1.54, 1.807) is 0 Å². The van der Waals surface area contributed by atoms with Gasteiger partial charge in [-0.1, -0.05) is 0 Å². The molecule has 0 bridgehead atoms. The monoisotopic (exact) mass is 194 g/mol. The highest BCUT2D eigenvalue weighted by Gasteiger charge is 2.16. The molecule has 0 aliphatic carbocycles. The molecular formula is C9H14N4O. The molecular weight excluding hydrogens is 180 g/mol. The Bertz CT molecular complexity index is 301. The molecule has 2 rings (SSSR count). The molecule has 0 saturated carbocycles. The first-order valence-corrected chi connectivity index (χ1v) is 4.80. The van der Waals surface area contributed by atoms with E-state index in [0.717, 1.165) is 18.9 Å². The van der Waals surface area contributed by atoms with Crippen molar-refractivity contribution in [2.45, 2.75) is 13.0 Å². The molecule has 1 saturated heterocycles.